The Morgan fingerprint density at radius 2 is 1.58 bits per heavy atom. The second kappa shape index (κ2) is 8.53. The predicted octanol–water partition coefficient (Wildman–Crippen LogP) is 4.33. The van der Waals surface area contributed by atoms with Gasteiger partial charge in [-0.15, -0.1) is 0 Å². The lowest BCUT2D eigenvalue weighted by atomic mass is 9.88. The van der Waals surface area contributed by atoms with Gasteiger partial charge in [-0.1, -0.05) is 56.3 Å². The predicted molar refractivity (Wildman–Crippen MR) is 98.4 cm³/mol. The van der Waals surface area contributed by atoms with Gasteiger partial charge < -0.3 is 9.64 Å². The average molecular weight is 325 g/mol. The van der Waals surface area contributed by atoms with Crippen molar-refractivity contribution in [1.29, 1.82) is 0 Å². The highest BCUT2D eigenvalue weighted by Crippen LogP contribution is 2.30. The molecule has 0 saturated heterocycles. The SMILES string of the molecule is COc1ccc([C@@H](CC(=O)N(C)CC(C)C)c2ccccc2)cc1. The van der Waals surface area contributed by atoms with Crippen LogP contribution in [-0.2, 0) is 4.79 Å². The van der Waals surface area contributed by atoms with Crippen molar-refractivity contribution in [2.45, 2.75) is 26.2 Å². The van der Waals surface area contributed by atoms with Gasteiger partial charge in [0.2, 0.25) is 5.91 Å². The van der Waals surface area contributed by atoms with Gasteiger partial charge in [-0.2, -0.15) is 0 Å². The van der Waals surface area contributed by atoms with E-state index < -0.39 is 0 Å². The lowest BCUT2D eigenvalue weighted by Crippen LogP contribution is -2.31. The van der Waals surface area contributed by atoms with Crippen molar-refractivity contribution in [3.05, 3.63) is 65.7 Å². The lowest BCUT2D eigenvalue weighted by molar-refractivity contribution is -0.130. The van der Waals surface area contributed by atoms with Crippen LogP contribution in [0, 0.1) is 5.92 Å². The van der Waals surface area contributed by atoms with Crippen molar-refractivity contribution in [3.8, 4) is 5.75 Å². The Bertz CT molecular complexity index is 635. The molecule has 1 amide bonds. The van der Waals surface area contributed by atoms with Crippen LogP contribution in [0.1, 0.15) is 37.3 Å². The Kier molecular flexibility index (Phi) is 6.42. The minimum absolute atomic E-state index is 0.0548. The monoisotopic (exact) mass is 325 g/mol. The van der Waals surface area contributed by atoms with Crippen LogP contribution in [0.5, 0.6) is 5.75 Å². The molecule has 128 valence electrons. The molecular weight excluding hydrogens is 298 g/mol. The number of methoxy groups -OCH3 is 1. The molecule has 0 heterocycles. The van der Waals surface area contributed by atoms with Crippen molar-refractivity contribution >= 4 is 5.91 Å². The zero-order valence-electron chi connectivity index (χ0n) is 15.0. The molecule has 0 fully saturated rings. The van der Waals surface area contributed by atoms with Crippen LogP contribution in [-0.4, -0.2) is 31.5 Å². The van der Waals surface area contributed by atoms with Crippen molar-refractivity contribution < 1.29 is 9.53 Å². The van der Waals surface area contributed by atoms with Crippen LogP contribution in [0.3, 0.4) is 0 Å². The molecule has 0 saturated carbocycles. The average Bonchev–Trinajstić information content (AvgIpc) is 2.59. The van der Waals surface area contributed by atoms with E-state index >= 15 is 0 Å². The van der Waals surface area contributed by atoms with E-state index in [2.05, 4.69) is 26.0 Å². The van der Waals surface area contributed by atoms with E-state index in [-0.39, 0.29) is 11.8 Å². The van der Waals surface area contributed by atoms with E-state index in [1.807, 2.05) is 54.4 Å². The number of carbonyl (C=O) groups excluding carboxylic acids is 1. The van der Waals surface area contributed by atoms with Gasteiger partial charge in [-0.05, 0) is 29.2 Å². The van der Waals surface area contributed by atoms with Crippen LogP contribution >= 0.6 is 0 Å². The topological polar surface area (TPSA) is 29.5 Å². The third-order valence-electron chi connectivity index (χ3n) is 4.16. The third kappa shape index (κ3) is 4.85. The first-order chi connectivity index (χ1) is 11.5. The van der Waals surface area contributed by atoms with Crippen LogP contribution in [0.2, 0.25) is 0 Å². The molecule has 1 atom stereocenters. The summed E-state index contributed by atoms with van der Waals surface area (Å²) in [6, 6.07) is 18.2. The first-order valence-corrected chi connectivity index (χ1v) is 8.44. The summed E-state index contributed by atoms with van der Waals surface area (Å²) in [6.07, 6.45) is 0.472. The number of rotatable bonds is 7. The molecule has 0 radical (unpaired) electrons. The largest absolute Gasteiger partial charge is 0.497 e. The molecule has 0 aliphatic heterocycles. The highest BCUT2D eigenvalue weighted by atomic mass is 16.5. The second-order valence-electron chi connectivity index (χ2n) is 6.61. The summed E-state index contributed by atoms with van der Waals surface area (Å²) in [5.74, 6) is 1.52. The van der Waals surface area contributed by atoms with Gasteiger partial charge in [-0.25, -0.2) is 0 Å². The van der Waals surface area contributed by atoms with Crippen LogP contribution in [0.25, 0.3) is 0 Å². The Hall–Kier alpha value is -2.29. The number of hydrogen-bond acceptors (Lipinski definition) is 2. The normalized spacial score (nSPS) is 12.0. The Morgan fingerprint density at radius 3 is 2.12 bits per heavy atom. The number of benzene rings is 2. The molecule has 0 N–H and O–H groups in total. The fourth-order valence-corrected chi connectivity index (χ4v) is 2.93. The number of ether oxygens (including phenoxy) is 1. The third-order valence-corrected chi connectivity index (χ3v) is 4.16. The van der Waals surface area contributed by atoms with Gasteiger partial charge in [0.25, 0.3) is 0 Å². The first kappa shape index (κ1) is 18.1. The highest BCUT2D eigenvalue weighted by molar-refractivity contribution is 5.77. The van der Waals surface area contributed by atoms with E-state index in [0.29, 0.717) is 12.3 Å². The number of nitrogens with zero attached hydrogens (tertiary/aromatic N) is 1. The smallest absolute Gasteiger partial charge is 0.223 e. The summed E-state index contributed by atoms with van der Waals surface area (Å²) < 4.78 is 5.24. The Balaban J connectivity index is 2.25. The lowest BCUT2D eigenvalue weighted by Gasteiger charge is -2.24. The first-order valence-electron chi connectivity index (χ1n) is 8.44. The molecule has 2 rings (SSSR count). The molecule has 2 aromatic carbocycles. The summed E-state index contributed by atoms with van der Waals surface area (Å²) in [5.41, 5.74) is 2.29. The molecule has 3 heteroatoms. The van der Waals surface area contributed by atoms with Crippen LogP contribution in [0.15, 0.2) is 54.6 Å². The van der Waals surface area contributed by atoms with Gasteiger partial charge in [-0.3, -0.25) is 4.79 Å². The standard InChI is InChI=1S/C21H27NO2/c1-16(2)15-22(3)21(23)14-20(17-8-6-5-7-9-17)18-10-12-19(24-4)13-11-18/h5-13,16,20H,14-15H2,1-4H3/t20-/m0/s1. The molecule has 0 bridgehead atoms. The maximum absolute atomic E-state index is 12.7. The number of hydrogen-bond donors (Lipinski definition) is 0. The fourth-order valence-electron chi connectivity index (χ4n) is 2.93. The zero-order chi connectivity index (χ0) is 17.5. The van der Waals surface area contributed by atoms with Gasteiger partial charge in [0.05, 0.1) is 7.11 Å². The molecule has 0 aliphatic rings. The summed E-state index contributed by atoms with van der Waals surface area (Å²) in [5, 5.41) is 0. The van der Waals surface area contributed by atoms with Crippen LogP contribution < -0.4 is 4.74 Å². The van der Waals surface area contributed by atoms with E-state index in [1.165, 1.54) is 0 Å². The van der Waals surface area contributed by atoms with Crippen molar-refractivity contribution in [2.24, 2.45) is 5.92 Å². The highest BCUT2D eigenvalue weighted by Gasteiger charge is 2.20. The fraction of sp³-hybridized carbons (Fsp3) is 0.381. The minimum atomic E-state index is 0.0548. The van der Waals surface area contributed by atoms with Gasteiger partial charge in [0.1, 0.15) is 5.75 Å². The molecule has 0 aliphatic carbocycles. The molecule has 3 nitrogen and oxygen atoms in total. The van der Waals surface area contributed by atoms with Gasteiger partial charge in [0, 0.05) is 25.9 Å². The van der Waals surface area contributed by atoms with Gasteiger partial charge >= 0.3 is 0 Å². The van der Waals surface area contributed by atoms with Crippen molar-refractivity contribution in [3.63, 3.8) is 0 Å². The number of amides is 1. The van der Waals surface area contributed by atoms with Gasteiger partial charge in [0.15, 0.2) is 0 Å². The maximum Gasteiger partial charge on any atom is 0.223 e. The summed E-state index contributed by atoms with van der Waals surface area (Å²) >= 11 is 0. The van der Waals surface area contributed by atoms with Crippen molar-refractivity contribution in [2.75, 3.05) is 20.7 Å². The zero-order valence-corrected chi connectivity index (χ0v) is 15.0. The van der Waals surface area contributed by atoms with Crippen molar-refractivity contribution in [1.82, 2.24) is 4.90 Å². The maximum atomic E-state index is 12.7. The molecular formula is C21H27NO2. The van der Waals surface area contributed by atoms with E-state index in [4.69, 9.17) is 4.74 Å². The Labute approximate surface area is 145 Å². The second-order valence-corrected chi connectivity index (χ2v) is 6.61. The van der Waals surface area contributed by atoms with E-state index in [9.17, 15) is 4.79 Å². The summed E-state index contributed by atoms with van der Waals surface area (Å²) in [7, 11) is 3.55. The molecule has 0 spiro atoms. The Morgan fingerprint density at radius 1 is 1.00 bits per heavy atom. The number of carbonyl (C=O) groups is 1. The van der Waals surface area contributed by atoms with Crippen LogP contribution in [0.4, 0.5) is 0 Å². The quantitative estimate of drug-likeness (QED) is 0.758. The molecule has 0 aromatic heterocycles. The molecule has 0 unspecified atom stereocenters. The minimum Gasteiger partial charge on any atom is -0.497 e. The van der Waals surface area contributed by atoms with E-state index in [1.54, 1.807) is 7.11 Å². The molecule has 24 heavy (non-hydrogen) atoms. The summed E-state index contributed by atoms with van der Waals surface area (Å²) in [6.45, 7) is 5.03. The van der Waals surface area contributed by atoms with E-state index in [0.717, 1.165) is 23.4 Å². The summed E-state index contributed by atoms with van der Waals surface area (Å²) in [4.78, 5) is 14.5. The molecule has 2 aromatic rings.